The molecule has 0 bridgehead atoms. The predicted molar refractivity (Wildman–Crippen MR) is 114 cm³/mol. The fourth-order valence-corrected chi connectivity index (χ4v) is 3.87. The summed E-state index contributed by atoms with van der Waals surface area (Å²) in [4.78, 5) is 16.7. The van der Waals surface area contributed by atoms with Crippen LogP contribution in [0, 0.1) is 0 Å². The number of carbonyl (C=O) groups is 1. The van der Waals surface area contributed by atoms with Crippen LogP contribution in [0.2, 0.25) is 10.0 Å². The van der Waals surface area contributed by atoms with Crippen LogP contribution in [-0.4, -0.2) is 32.2 Å². The van der Waals surface area contributed by atoms with Crippen LogP contribution in [0.25, 0.3) is 0 Å². The smallest absolute Gasteiger partial charge is 0.322 e. The lowest BCUT2D eigenvalue weighted by Crippen LogP contribution is -2.46. The maximum absolute atomic E-state index is 12.5. The van der Waals surface area contributed by atoms with Gasteiger partial charge in [0.15, 0.2) is 0 Å². The Kier molecular flexibility index (Phi) is 6.37. The molecule has 0 spiro atoms. The Hall–Kier alpha value is -1.66. The summed E-state index contributed by atoms with van der Waals surface area (Å²) in [6.07, 6.45) is 0. The van der Waals surface area contributed by atoms with Crippen molar-refractivity contribution >= 4 is 53.0 Å². The van der Waals surface area contributed by atoms with Crippen LogP contribution in [0.1, 0.15) is 11.1 Å². The van der Waals surface area contributed by atoms with Gasteiger partial charge in [0, 0.05) is 44.0 Å². The van der Waals surface area contributed by atoms with Crippen molar-refractivity contribution in [3.63, 3.8) is 0 Å². The third-order valence-electron chi connectivity index (χ3n) is 4.86. The van der Waals surface area contributed by atoms with Crippen LogP contribution in [0.15, 0.2) is 36.4 Å². The number of halogens is 3. The standard InChI is InChI=1S/C19H20Cl2N4O.ClH/c20-15-5-4-13(10-16(15)21)12-25-18-3-1-2-17(14(18)11-23-19(25)26)24-8-6-22-7-9-24;/h1-5,10,22H,6-9,11-12H2,(H,23,26);1H. The van der Waals surface area contributed by atoms with Crippen molar-refractivity contribution in [1.29, 1.82) is 0 Å². The number of nitrogens with zero attached hydrogens (tertiary/aromatic N) is 2. The van der Waals surface area contributed by atoms with Crippen molar-refractivity contribution in [2.75, 3.05) is 36.0 Å². The van der Waals surface area contributed by atoms with Crippen molar-refractivity contribution in [3.8, 4) is 0 Å². The van der Waals surface area contributed by atoms with E-state index in [1.807, 2.05) is 24.3 Å². The first-order valence-electron chi connectivity index (χ1n) is 8.70. The molecule has 0 radical (unpaired) electrons. The lowest BCUT2D eigenvalue weighted by molar-refractivity contribution is 0.244. The minimum absolute atomic E-state index is 0. The Morgan fingerprint density at radius 1 is 1.00 bits per heavy atom. The normalized spacial score (nSPS) is 16.4. The Labute approximate surface area is 175 Å². The van der Waals surface area contributed by atoms with Gasteiger partial charge in [0.2, 0.25) is 0 Å². The van der Waals surface area contributed by atoms with Crippen LogP contribution in [-0.2, 0) is 13.1 Å². The van der Waals surface area contributed by atoms with Gasteiger partial charge in [0.1, 0.15) is 0 Å². The zero-order chi connectivity index (χ0) is 18.1. The molecule has 2 N–H and O–H groups in total. The van der Waals surface area contributed by atoms with Gasteiger partial charge in [-0.3, -0.25) is 4.90 Å². The average molecular weight is 428 g/mol. The first-order valence-corrected chi connectivity index (χ1v) is 9.46. The molecule has 1 fully saturated rings. The van der Waals surface area contributed by atoms with E-state index in [4.69, 9.17) is 23.2 Å². The van der Waals surface area contributed by atoms with Crippen molar-refractivity contribution in [2.24, 2.45) is 0 Å². The van der Waals surface area contributed by atoms with Gasteiger partial charge in [-0.25, -0.2) is 4.79 Å². The van der Waals surface area contributed by atoms with Crippen molar-refractivity contribution in [1.82, 2.24) is 10.6 Å². The summed E-state index contributed by atoms with van der Waals surface area (Å²) >= 11 is 12.1. The molecule has 1 saturated heterocycles. The van der Waals surface area contributed by atoms with E-state index in [-0.39, 0.29) is 18.4 Å². The minimum Gasteiger partial charge on any atom is -0.369 e. The Morgan fingerprint density at radius 3 is 2.48 bits per heavy atom. The van der Waals surface area contributed by atoms with E-state index in [1.165, 1.54) is 5.69 Å². The number of nitrogens with one attached hydrogen (secondary N) is 2. The summed E-state index contributed by atoms with van der Waals surface area (Å²) in [6.45, 7) is 4.88. The summed E-state index contributed by atoms with van der Waals surface area (Å²) in [5, 5.41) is 7.39. The van der Waals surface area contributed by atoms with E-state index in [2.05, 4.69) is 21.6 Å². The van der Waals surface area contributed by atoms with E-state index >= 15 is 0 Å². The zero-order valence-corrected chi connectivity index (χ0v) is 17.0. The maximum atomic E-state index is 12.5. The monoisotopic (exact) mass is 426 g/mol. The fraction of sp³-hybridized carbons (Fsp3) is 0.316. The summed E-state index contributed by atoms with van der Waals surface area (Å²) < 4.78 is 0. The molecule has 27 heavy (non-hydrogen) atoms. The number of anilines is 2. The Balaban J connectivity index is 0.00000210. The molecule has 2 aromatic rings. The van der Waals surface area contributed by atoms with Gasteiger partial charge in [-0.2, -0.15) is 0 Å². The van der Waals surface area contributed by atoms with Gasteiger partial charge in [0.25, 0.3) is 0 Å². The summed E-state index contributed by atoms with van der Waals surface area (Å²) in [7, 11) is 0. The molecular formula is C19H21Cl3N4O. The molecule has 0 atom stereocenters. The zero-order valence-electron chi connectivity index (χ0n) is 14.7. The van der Waals surface area contributed by atoms with E-state index in [9.17, 15) is 4.79 Å². The number of benzene rings is 2. The summed E-state index contributed by atoms with van der Waals surface area (Å²) in [5.41, 5.74) is 4.25. The molecule has 0 aromatic heterocycles. The third-order valence-corrected chi connectivity index (χ3v) is 5.60. The number of rotatable bonds is 3. The van der Waals surface area contributed by atoms with Crippen LogP contribution >= 0.6 is 35.6 Å². The molecule has 0 aliphatic carbocycles. The number of urea groups is 1. The first kappa shape index (κ1) is 20.1. The highest BCUT2D eigenvalue weighted by atomic mass is 35.5. The Bertz CT molecular complexity index is 840. The van der Waals surface area contributed by atoms with Crippen LogP contribution in [0.4, 0.5) is 16.2 Å². The predicted octanol–water partition coefficient (Wildman–Crippen LogP) is 4.05. The first-order chi connectivity index (χ1) is 12.6. The van der Waals surface area contributed by atoms with Gasteiger partial charge in [-0.15, -0.1) is 12.4 Å². The lowest BCUT2D eigenvalue weighted by Gasteiger charge is -2.36. The van der Waals surface area contributed by atoms with E-state index in [0.29, 0.717) is 23.1 Å². The van der Waals surface area contributed by atoms with E-state index in [0.717, 1.165) is 43.0 Å². The third kappa shape index (κ3) is 4.11. The van der Waals surface area contributed by atoms with Gasteiger partial charge in [0.05, 0.1) is 22.3 Å². The molecule has 2 heterocycles. The summed E-state index contributed by atoms with van der Waals surface area (Å²) in [6, 6.07) is 11.6. The highest BCUT2D eigenvalue weighted by Crippen LogP contribution is 2.34. The fourth-order valence-electron chi connectivity index (χ4n) is 3.55. The quantitative estimate of drug-likeness (QED) is 0.777. The molecule has 8 heteroatoms. The Morgan fingerprint density at radius 2 is 1.74 bits per heavy atom. The number of piperazine rings is 1. The molecule has 5 nitrogen and oxygen atoms in total. The molecule has 144 valence electrons. The molecule has 2 amide bonds. The average Bonchev–Trinajstić information content (AvgIpc) is 2.67. The molecule has 2 aliphatic rings. The highest BCUT2D eigenvalue weighted by molar-refractivity contribution is 6.42. The van der Waals surface area contributed by atoms with Crippen LogP contribution in [0.3, 0.4) is 0 Å². The lowest BCUT2D eigenvalue weighted by atomic mass is 10.0. The molecule has 0 saturated carbocycles. The van der Waals surface area contributed by atoms with E-state index < -0.39 is 0 Å². The number of carbonyl (C=O) groups excluding carboxylic acids is 1. The van der Waals surface area contributed by atoms with Crippen LogP contribution in [0.5, 0.6) is 0 Å². The second kappa shape index (κ2) is 8.57. The molecule has 2 aromatic carbocycles. The topological polar surface area (TPSA) is 47.6 Å². The minimum atomic E-state index is -0.0963. The number of fused-ring (bicyclic) bond motifs is 1. The van der Waals surface area contributed by atoms with Gasteiger partial charge < -0.3 is 15.5 Å². The maximum Gasteiger partial charge on any atom is 0.322 e. The van der Waals surface area contributed by atoms with Gasteiger partial charge in [-0.1, -0.05) is 35.3 Å². The largest absolute Gasteiger partial charge is 0.369 e. The van der Waals surface area contributed by atoms with E-state index in [1.54, 1.807) is 11.0 Å². The number of hydrogen-bond donors (Lipinski definition) is 2. The van der Waals surface area contributed by atoms with Gasteiger partial charge in [-0.05, 0) is 29.8 Å². The van der Waals surface area contributed by atoms with Crippen molar-refractivity contribution in [3.05, 3.63) is 57.6 Å². The SMILES string of the molecule is Cl.O=C1NCc2c(N3CCNCC3)cccc2N1Cc1ccc(Cl)c(Cl)c1. The molecule has 2 aliphatic heterocycles. The molecule has 0 unspecified atom stereocenters. The molecular weight excluding hydrogens is 407 g/mol. The second-order valence-corrected chi connectivity index (χ2v) is 7.32. The second-order valence-electron chi connectivity index (χ2n) is 6.51. The number of amides is 2. The summed E-state index contributed by atoms with van der Waals surface area (Å²) in [5.74, 6) is 0. The highest BCUT2D eigenvalue weighted by Gasteiger charge is 2.27. The van der Waals surface area contributed by atoms with Crippen molar-refractivity contribution < 1.29 is 4.79 Å². The van der Waals surface area contributed by atoms with Crippen molar-refractivity contribution in [2.45, 2.75) is 13.1 Å². The van der Waals surface area contributed by atoms with Gasteiger partial charge >= 0.3 is 6.03 Å². The number of hydrogen-bond acceptors (Lipinski definition) is 3. The molecule has 4 rings (SSSR count). The van der Waals surface area contributed by atoms with Crippen LogP contribution < -0.4 is 20.4 Å².